The first-order valence-electron chi connectivity index (χ1n) is 8.48. The van der Waals surface area contributed by atoms with Crippen LogP contribution >= 0.6 is 0 Å². The van der Waals surface area contributed by atoms with Gasteiger partial charge in [-0.15, -0.1) is 0 Å². The van der Waals surface area contributed by atoms with Crippen LogP contribution in [-0.2, 0) is 18.4 Å². The fraction of sp³-hybridized carbons (Fsp3) is 0.474. The van der Waals surface area contributed by atoms with Gasteiger partial charge >= 0.3 is 0 Å². The molecule has 0 aliphatic carbocycles. The lowest BCUT2D eigenvalue weighted by Gasteiger charge is -2.19. The van der Waals surface area contributed by atoms with Crippen LogP contribution in [0, 0.1) is 0 Å². The third kappa shape index (κ3) is 4.02. The number of aliphatic hydroxyl groups excluding tert-OH is 1. The molecule has 1 aliphatic rings. The zero-order chi connectivity index (χ0) is 18.0. The molecule has 1 atom stereocenters. The number of nitrogens with zero attached hydrogens (tertiary/aromatic N) is 2. The lowest BCUT2D eigenvalue weighted by molar-refractivity contribution is 0.143. The first kappa shape index (κ1) is 17.5. The second kappa shape index (κ2) is 6.88. The molecule has 0 bridgehead atoms. The van der Waals surface area contributed by atoms with Gasteiger partial charge in [-0.25, -0.2) is 0 Å². The summed E-state index contributed by atoms with van der Waals surface area (Å²) in [7, 11) is 0. The lowest BCUT2D eigenvalue weighted by atomic mass is 9.87. The van der Waals surface area contributed by atoms with E-state index in [1.807, 2.05) is 12.1 Å². The van der Waals surface area contributed by atoms with Crippen molar-refractivity contribution in [1.82, 2.24) is 9.55 Å². The van der Waals surface area contributed by atoms with Crippen molar-refractivity contribution in [2.45, 2.75) is 45.3 Å². The molecule has 0 spiro atoms. The predicted octanol–water partition coefficient (Wildman–Crippen LogP) is 1.92. The Hall–Kier alpha value is -2.34. The zero-order valence-electron chi connectivity index (χ0n) is 14.9. The molecule has 6 nitrogen and oxygen atoms in total. The lowest BCUT2D eigenvalue weighted by Crippen LogP contribution is -2.23. The van der Waals surface area contributed by atoms with E-state index in [1.165, 1.54) is 5.56 Å². The molecule has 2 heterocycles. The average Bonchev–Trinajstić information content (AvgIpc) is 2.95. The summed E-state index contributed by atoms with van der Waals surface area (Å²) in [6.45, 7) is 7.39. The number of rotatable bonds is 5. The quantitative estimate of drug-likeness (QED) is 0.897. The Labute approximate surface area is 147 Å². The van der Waals surface area contributed by atoms with E-state index in [9.17, 15) is 4.79 Å². The maximum Gasteiger partial charge on any atom is 0.300 e. The molecule has 1 N–H and O–H groups in total. The second-order valence-corrected chi connectivity index (χ2v) is 7.31. The van der Waals surface area contributed by atoms with E-state index in [-0.39, 0.29) is 23.7 Å². The van der Waals surface area contributed by atoms with Crippen LogP contribution in [0.2, 0.25) is 0 Å². The van der Waals surface area contributed by atoms with Crippen LogP contribution in [0.25, 0.3) is 0 Å². The molecule has 0 fully saturated rings. The predicted molar refractivity (Wildman–Crippen MR) is 94.3 cm³/mol. The average molecular weight is 344 g/mol. The van der Waals surface area contributed by atoms with E-state index in [0.29, 0.717) is 31.1 Å². The van der Waals surface area contributed by atoms with Crippen LogP contribution in [-0.4, -0.2) is 34.0 Å². The third-order valence-corrected chi connectivity index (χ3v) is 4.24. The fourth-order valence-electron chi connectivity index (χ4n) is 2.77. The van der Waals surface area contributed by atoms with Crippen molar-refractivity contribution in [3.63, 3.8) is 0 Å². The van der Waals surface area contributed by atoms with E-state index >= 15 is 0 Å². The Kier molecular flexibility index (Phi) is 4.81. The maximum atomic E-state index is 11.8. The molecule has 25 heavy (non-hydrogen) atoms. The molecular weight excluding hydrogens is 320 g/mol. The van der Waals surface area contributed by atoms with Gasteiger partial charge in [0.2, 0.25) is 0 Å². The van der Waals surface area contributed by atoms with E-state index in [2.05, 4.69) is 37.9 Å². The first-order chi connectivity index (χ1) is 11.9. The van der Waals surface area contributed by atoms with Gasteiger partial charge in [0.15, 0.2) is 6.10 Å². The van der Waals surface area contributed by atoms with Crippen molar-refractivity contribution in [3.8, 4) is 11.8 Å². The monoisotopic (exact) mass is 344 g/mol. The van der Waals surface area contributed by atoms with Gasteiger partial charge in [0.25, 0.3) is 11.6 Å². The molecule has 6 heteroatoms. The molecule has 3 rings (SSSR count). The highest BCUT2D eigenvalue weighted by Crippen LogP contribution is 2.25. The summed E-state index contributed by atoms with van der Waals surface area (Å²) in [5.74, 6) is 0.788. The van der Waals surface area contributed by atoms with Crippen LogP contribution in [0.4, 0.5) is 0 Å². The Morgan fingerprint density at radius 3 is 2.68 bits per heavy atom. The zero-order valence-corrected chi connectivity index (χ0v) is 14.9. The summed E-state index contributed by atoms with van der Waals surface area (Å²) in [6.07, 6.45) is 1.81. The van der Waals surface area contributed by atoms with Crippen molar-refractivity contribution in [3.05, 3.63) is 51.9 Å². The van der Waals surface area contributed by atoms with Gasteiger partial charge in [-0.2, -0.15) is 4.98 Å². The van der Waals surface area contributed by atoms with Gasteiger partial charge in [-0.05, 0) is 23.1 Å². The van der Waals surface area contributed by atoms with E-state index in [0.717, 1.165) is 5.75 Å². The topological polar surface area (TPSA) is 73.6 Å². The number of fused-ring (bicyclic) bond motifs is 1. The normalized spacial score (nSPS) is 16.4. The van der Waals surface area contributed by atoms with Gasteiger partial charge in [-0.3, -0.25) is 9.36 Å². The highest BCUT2D eigenvalue weighted by molar-refractivity contribution is 5.31. The largest absolute Gasteiger partial charge is 0.490 e. The van der Waals surface area contributed by atoms with Crippen LogP contribution in [0.3, 0.4) is 0 Å². The summed E-state index contributed by atoms with van der Waals surface area (Å²) >= 11 is 0. The minimum Gasteiger partial charge on any atom is -0.490 e. The van der Waals surface area contributed by atoms with Gasteiger partial charge in [0.05, 0.1) is 6.54 Å². The van der Waals surface area contributed by atoms with Crippen molar-refractivity contribution in [2.24, 2.45) is 0 Å². The van der Waals surface area contributed by atoms with Crippen molar-refractivity contribution < 1.29 is 14.6 Å². The molecule has 1 aromatic carbocycles. The molecule has 1 aromatic heterocycles. The van der Waals surface area contributed by atoms with Gasteiger partial charge in [-0.1, -0.05) is 32.9 Å². The first-order valence-corrected chi connectivity index (χ1v) is 8.48. The fourth-order valence-corrected chi connectivity index (χ4v) is 2.77. The number of benzene rings is 1. The van der Waals surface area contributed by atoms with Gasteiger partial charge < -0.3 is 14.6 Å². The summed E-state index contributed by atoms with van der Waals surface area (Å²) in [5.41, 5.74) is 1.51. The molecule has 0 radical (unpaired) electrons. The Morgan fingerprint density at radius 2 is 2.04 bits per heavy atom. The van der Waals surface area contributed by atoms with Crippen molar-refractivity contribution in [1.29, 1.82) is 0 Å². The van der Waals surface area contributed by atoms with Crippen molar-refractivity contribution >= 4 is 0 Å². The van der Waals surface area contributed by atoms with Crippen LogP contribution in [0.5, 0.6) is 11.8 Å². The van der Waals surface area contributed by atoms with Crippen LogP contribution < -0.4 is 15.0 Å². The number of ether oxygens (including phenoxy) is 2. The minimum atomic E-state index is -0.348. The molecule has 1 aliphatic heterocycles. The molecule has 134 valence electrons. The summed E-state index contributed by atoms with van der Waals surface area (Å²) in [4.78, 5) is 15.8. The summed E-state index contributed by atoms with van der Waals surface area (Å²) < 4.78 is 13.3. The second-order valence-electron chi connectivity index (χ2n) is 7.31. The SMILES string of the molecule is CC(C)(C)c1ccc(OCC2Cn3cc(CCO)c(=O)nc3O2)cc1. The van der Waals surface area contributed by atoms with E-state index in [4.69, 9.17) is 14.6 Å². The molecule has 0 saturated carbocycles. The standard InChI is InChI=1S/C19H24N2O4/c1-19(2,3)14-4-6-15(7-5-14)24-12-16-11-21-10-13(8-9-22)17(23)20-18(21)25-16/h4-7,10,16,22H,8-9,11-12H2,1-3H3. The molecule has 0 saturated heterocycles. The minimum absolute atomic E-state index is 0.0752. The van der Waals surface area contributed by atoms with Gasteiger partial charge in [0.1, 0.15) is 12.4 Å². The number of hydrogen-bond donors (Lipinski definition) is 1. The highest BCUT2D eigenvalue weighted by Gasteiger charge is 2.25. The Balaban J connectivity index is 1.61. The molecule has 1 unspecified atom stereocenters. The third-order valence-electron chi connectivity index (χ3n) is 4.24. The Morgan fingerprint density at radius 1 is 1.32 bits per heavy atom. The molecule has 0 amide bonds. The van der Waals surface area contributed by atoms with Crippen LogP contribution in [0.1, 0.15) is 31.9 Å². The van der Waals surface area contributed by atoms with Gasteiger partial charge in [0, 0.05) is 24.8 Å². The molecular formula is C19H24N2O4. The Bertz CT molecular complexity index is 791. The maximum absolute atomic E-state index is 11.8. The van der Waals surface area contributed by atoms with Crippen molar-refractivity contribution in [2.75, 3.05) is 13.2 Å². The summed E-state index contributed by atoms with van der Waals surface area (Å²) in [6, 6.07) is 8.37. The van der Waals surface area contributed by atoms with E-state index < -0.39 is 0 Å². The highest BCUT2D eigenvalue weighted by atomic mass is 16.6. The van der Waals surface area contributed by atoms with Crippen LogP contribution in [0.15, 0.2) is 35.3 Å². The smallest absolute Gasteiger partial charge is 0.300 e. The number of hydrogen-bond acceptors (Lipinski definition) is 5. The molecule has 2 aromatic rings. The summed E-state index contributed by atoms with van der Waals surface area (Å²) in [5, 5.41) is 9.00. The number of aliphatic hydroxyl groups is 1. The number of aromatic nitrogens is 2. The van der Waals surface area contributed by atoms with E-state index in [1.54, 1.807) is 10.8 Å².